The maximum Gasteiger partial charge on any atom is 0.164 e. The molecule has 0 aliphatic carbocycles. The minimum absolute atomic E-state index is 0.670. The first-order valence-electron chi connectivity index (χ1n) is 15.3. The fourth-order valence-corrected chi connectivity index (χ4v) is 9.15. The standard InChI is InChI=1S/C41H23N3S2/c1-2-10-26(11-3-1)39-42-40(27-20-22-34-32(23-27)29-13-6-7-15-33(29)45-34)44-41(43-39)31-14-8-16-35-37(31)30-21-19-25-18-17-24-9-4-5-12-28(24)36(25)38(30)46-35/h1-23H. The van der Waals surface area contributed by atoms with Gasteiger partial charge in [-0.1, -0.05) is 109 Å². The van der Waals surface area contributed by atoms with Crippen LogP contribution in [0.4, 0.5) is 0 Å². The van der Waals surface area contributed by atoms with Crippen molar-refractivity contribution >= 4 is 84.6 Å². The Morgan fingerprint density at radius 2 is 1.07 bits per heavy atom. The highest BCUT2D eigenvalue weighted by atomic mass is 32.1. The molecule has 3 nitrogen and oxygen atoms in total. The lowest BCUT2D eigenvalue weighted by Crippen LogP contribution is -2.00. The van der Waals surface area contributed by atoms with E-state index in [0.29, 0.717) is 17.5 Å². The van der Waals surface area contributed by atoms with Gasteiger partial charge in [-0.15, -0.1) is 22.7 Å². The van der Waals surface area contributed by atoms with Crippen molar-refractivity contribution in [3.05, 3.63) is 140 Å². The van der Waals surface area contributed by atoms with E-state index in [1.165, 1.54) is 61.9 Å². The van der Waals surface area contributed by atoms with Crippen LogP contribution in [-0.4, -0.2) is 15.0 Å². The largest absolute Gasteiger partial charge is 0.208 e. The fraction of sp³-hybridized carbons (Fsp3) is 0. The molecule has 0 aliphatic heterocycles. The normalized spacial score (nSPS) is 11.9. The van der Waals surface area contributed by atoms with E-state index in [4.69, 9.17) is 15.0 Å². The second-order valence-corrected chi connectivity index (χ2v) is 13.7. The number of fused-ring (bicyclic) bond motifs is 10. The number of benzene rings is 7. The Morgan fingerprint density at radius 3 is 1.98 bits per heavy atom. The number of hydrogen-bond acceptors (Lipinski definition) is 5. The van der Waals surface area contributed by atoms with Crippen LogP contribution in [0, 0.1) is 0 Å². The molecule has 10 aromatic rings. The van der Waals surface area contributed by atoms with Crippen molar-refractivity contribution in [1.82, 2.24) is 15.0 Å². The Bertz CT molecular complexity index is 2810. The Morgan fingerprint density at radius 1 is 0.370 bits per heavy atom. The van der Waals surface area contributed by atoms with Gasteiger partial charge in [-0.05, 0) is 46.5 Å². The molecule has 7 aromatic carbocycles. The average Bonchev–Trinajstić information content (AvgIpc) is 3.70. The van der Waals surface area contributed by atoms with Crippen molar-refractivity contribution in [2.24, 2.45) is 0 Å². The van der Waals surface area contributed by atoms with Crippen LogP contribution in [-0.2, 0) is 0 Å². The smallest absolute Gasteiger partial charge is 0.164 e. The molecule has 0 aliphatic rings. The first-order valence-corrected chi connectivity index (χ1v) is 16.9. The van der Waals surface area contributed by atoms with E-state index in [-0.39, 0.29) is 0 Å². The molecular weight excluding hydrogens is 599 g/mol. The van der Waals surface area contributed by atoms with Crippen molar-refractivity contribution in [2.45, 2.75) is 0 Å². The zero-order valence-electron chi connectivity index (χ0n) is 24.4. The fourth-order valence-electron chi connectivity index (χ4n) is 6.76. The van der Waals surface area contributed by atoms with Crippen molar-refractivity contribution < 1.29 is 0 Å². The second kappa shape index (κ2) is 10.0. The first kappa shape index (κ1) is 25.8. The minimum atomic E-state index is 0.670. The van der Waals surface area contributed by atoms with Crippen LogP contribution >= 0.6 is 22.7 Å². The molecule has 0 bridgehead atoms. The Balaban J connectivity index is 1.25. The van der Waals surface area contributed by atoms with Crippen LogP contribution < -0.4 is 0 Å². The summed E-state index contributed by atoms with van der Waals surface area (Å²) in [6.45, 7) is 0. The van der Waals surface area contributed by atoms with E-state index in [2.05, 4.69) is 121 Å². The number of hydrogen-bond donors (Lipinski definition) is 0. The Kier molecular flexibility index (Phi) is 5.61. The quantitative estimate of drug-likeness (QED) is 0.184. The van der Waals surface area contributed by atoms with Crippen LogP contribution in [0.25, 0.3) is 96.1 Å². The van der Waals surface area contributed by atoms with Gasteiger partial charge in [0.05, 0.1) is 0 Å². The molecule has 5 heteroatoms. The monoisotopic (exact) mass is 621 g/mol. The van der Waals surface area contributed by atoms with E-state index in [1.807, 2.05) is 40.9 Å². The molecule has 214 valence electrons. The van der Waals surface area contributed by atoms with Gasteiger partial charge in [0, 0.05) is 62.4 Å². The summed E-state index contributed by atoms with van der Waals surface area (Å²) in [5, 5.41) is 10.0. The van der Waals surface area contributed by atoms with Crippen LogP contribution in [0.15, 0.2) is 140 Å². The van der Waals surface area contributed by atoms with Crippen LogP contribution in [0.3, 0.4) is 0 Å². The summed E-state index contributed by atoms with van der Waals surface area (Å²) < 4.78 is 5.07. The molecule has 46 heavy (non-hydrogen) atoms. The van der Waals surface area contributed by atoms with E-state index in [0.717, 1.165) is 16.7 Å². The van der Waals surface area contributed by atoms with Gasteiger partial charge in [0.15, 0.2) is 17.5 Å². The highest BCUT2D eigenvalue weighted by Crippen LogP contribution is 2.44. The highest BCUT2D eigenvalue weighted by molar-refractivity contribution is 7.27. The number of thiophene rings is 2. The van der Waals surface area contributed by atoms with Crippen molar-refractivity contribution in [3.8, 4) is 34.2 Å². The third-order valence-electron chi connectivity index (χ3n) is 8.91. The van der Waals surface area contributed by atoms with Crippen molar-refractivity contribution in [1.29, 1.82) is 0 Å². The van der Waals surface area contributed by atoms with Gasteiger partial charge in [-0.3, -0.25) is 0 Å². The molecule has 0 saturated heterocycles. The molecule has 0 saturated carbocycles. The van der Waals surface area contributed by atoms with E-state index in [1.54, 1.807) is 0 Å². The molecule has 3 heterocycles. The molecule has 0 radical (unpaired) electrons. The SMILES string of the molecule is c1ccc(-c2nc(-c3ccc4sc5ccccc5c4c3)nc(-c3cccc4sc5c(ccc6ccc7ccccc7c65)c34)n2)cc1. The predicted molar refractivity (Wildman–Crippen MR) is 197 cm³/mol. The molecule has 0 unspecified atom stereocenters. The third-order valence-corrected chi connectivity index (χ3v) is 11.3. The molecule has 3 aromatic heterocycles. The molecular formula is C41H23N3S2. The summed E-state index contributed by atoms with van der Waals surface area (Å²) in [6.07, 6.45) is 0. The second-order valence-electron chi connectivity index (χ2n) is 11.6. The van der Waals surface area contributed by atoms with Crippen LogP contribution in [0.5, 0.6) is 0 Å². The molecule has 0 amide bonds. The van der Waals surface area contributed by atoms with Gasteiger partial charge in [-0.25, -0.2) is 15.0 Å². The zero-order valence-corrected chi connectivity index (χ0v) is 26.1. The summed E-state index contributed by atoms with van der Waals surface area (Å²) in [7, 11) is 0. The lowest BCUT2D eigenvalue weighted by molar-refractivity contribution is 1.08. The maximum atomic E-state index is 5.21. The summed E-state index contributed by atoms with van der Waals surface area (Å²) in [6, 6.07) is 49.5. The Hall–Kier alpha value is -5.49. The molecule has 0 spiro atoms. The molecule has 0 atom stereocenters. The van der Waals surface area contributed by atoms with Gasteiger partial charge in [0.1, 0.15) is 0 Å². The van der Waals surface area contributed by atoms with E-state index < -0.39 is 0 Å². The number of aromatic nitrogens is 3. The van der Waals surface area contributed by atoms with Crippen LogP contribution in [0.1, 0.15) is 0 Å². The summed E-state index contributed by atoms with van der Waals surface area (Å²) in [5.74, 6) is 2.03. The maximum absolute atomic E-state index is 5.21. The number of nitrogens with zero attached hydrogens (tertiary/aromatic N) is 3. The summed E-state index contributed by atoms with van der Waals surface area (Å²) in [4.78, 5) is 15.4. The average molecular weight is 622 g/mol. The summed E-state index contributed by atoms with van der Waals surface area (Å²) >= 11 is 3.67. The van der Waals surface area contributed by atoms with Gasteiger partial charge >= 0.3 is 0 Å². The van der Waals surface area contributed by atoms with E-state index in [9.17, 15) is 0 Å². The van der Waals surface area contributed by atoms with E-state index >= 15 is 0 Å². The summed E-state index contributed by atoms with van der Waals surface area (Å²) in [5.41, 5.74) is 2.97. The molecule has 0 fully saturated rings. The van der Waals surface area contributed by atoms with Gasteiger partial charge in [-0.2, -0.15) is 0 Å². The number of rotatable bonds is 3. The van der Waals surface area contributed by atoms with Gasteiger partial charge in [0.25, 0.3) is 0 Å². The lowest BCUT2D eigenvalue weighted by atomic mass is 9.98. The van der Waals surface area contributed by atoms with Gasteiger partial charge < -0.3 is 0 Å². The third kappa shape index (κ3) is 3.92. The highest BCUT2D eigenvalue weighted by Gasteiger charge is 2.19. The molecule has 10 rings (SSSR count). The van der Waals surface area contributed by atoms with Crippen molar-refractivity contribution in [3.63, 3.8) is 0 Å². The van der Waals surface area contributed by atoms with Crippen molar-refractivity contribution in [2.75, 3.05) is 0 Å². The topological polar surface area (TPSA) is 38.7 Å². The zero-order chi connectivity index (χ0) is 30.2. The Labute approximate surface area is 272 Å². The predicted octanol–water partition coefficient (Wildman–Crippen LogP) is 11.9. The van der Waals surface area contributed by atoms with Gasteiger partial charge in [0.2, 0.25) is 0 Å². The lowest BCUT2D eigenvalue weighted by Gasteiger charge is -2.10. The molecule has 0 N–H and O–H groups in total. The minimum Gasteiger partial charge on any atom is -0.208 e. The first-order chi connectivity index (χ1) is 22.8. The van der Waals surface area contributed by atoms with Crippen LogP contribution in [0.2, 0.25) is 0 Å².